The molecule has 5 heteroatoms. The van der Waals surface area contributed by atoms with Crippen LogP contribution in [-0.4, -0.2) is 5.78 Å². The quantitative estimate of drug-likeness (QED) is 0.487. The van der Waals surface area contributed by atoms with Crippen LogP contribution in [0.5, 0.6) is 5.75 Å². The van der Waals surface area contributed by atoms with Crippen LogP contribution in [0.4, 0.5) is 0 Å². The van der Waals surface area contributed by atoms with E-state index in [-0.39, 0.29) is 12.4 Å². The summed E-state index contributed by atoms with van der Waals surface area (Å²) in [6.07, 6.45) is 0.854. The molecule has 3 aromatic rings. The summed E-state index contributed by atoms with van der Waals surface area (Å²) in [7, 11) is 0. The van der Waals surface area contributed by atoms with Crippen LogP contribution in [0.1, 0.15) is 35.3 Å². The van der Waals surface area contributed by atoms with E-state index >= 15 is 0 Å². The lowest BCUT2D eigenvalue weighted by molar-refractivity contribution is 0.101. The first-order chi connectivity index (χ1) is 12.0. The normalized spacial score (nSPS) is 10.8. The molecule has 0 radical (unpaired) electrons. The molecule has 1 heterocycles. The fourth-order valence-electron chi connectivity index (χ4n) is 2.67. The van der Waals surface area contributed by atoms with Crippen molar-refractivity contribution in [2.45, 2.75) is 26.9 Å². The molecular weight excluding hydrogens is 340 g/mol. The summed E-state index contributed by atoms with van der Waals surface area (Å²) in [5.41, 5.74) is 2.31. The molecule has 0 saturated heterocycles. The van der Waals surface area contributed by atoms with Crippen LogP contribution in [0.3, 0.4) is 0 Å². The van der Waals surface area contributed by atoms with Gasteiger partial charge in [-0.15, -0.1) is 0 Å². The van der Waals surface area contributed by atoms with E-state index in [0.29, 0.717) is 27.5 Å². The predicted molar refractivity (Wildman–Crippen MR) is 97.7 cm³/mol. The molecule has 128 valence electrons. The molecule has 25 heavy (non-hydrogen) atoms. The maximum absolute atomic E-state index is 11.8. The first-order valence-electron chi connectivity index (χ1n) is 7.97. The Labute approximate surface area is 150 Å². The third-order valence-electron chi connectivity index (χ3n) is 4.01. The van der Waals surface area contributed by atoms with Gasteiger partial charge < -0.3 is 9.15 Å². The van der Waals surface area contributed by atoms with Crippen LogP contribution in [-0.2, 0) is 13.0 Å². The van der Waals surface area contributed by atoms with Crippen molar-refractivity contribution in [1.82, 2.24) is 0 Å². The second-order valence-corrected chi connectivity index (χ2v) is 6.20. The van der Waals surface area contributed by atoms with Crippen molar-refractivity contribution in [2.75, 3.05) is 0 Å². The molecular formula is C20H17ClO4. The fourth-order valence-corrected chi connectivity index (χ4v) is 2.84. The molecule has 0 aliphatic heterocycles. The monoisotopic (exact) mass is 356 g/mol. The summed E-state index contributed by atoms with van der Waals surface area (Å²) >= 11 is 5.94. The summed E-state index contributed by atoms with van der Waals surface area (Å²) < 4.78 is 11.1. The maximum Gasteiger partial charge on any atom is 0.336 e. The highest BCUT2D eigenvalue weighted by molar-refractivity contribution is 6.31. The minimum absolute atomic E-state index is 0.137. The van der Waals surface area contributed by atoms with Gasteiger partial charge in [-0.1, -0.05) is 30.7 Å². The Morgan fingerprint density at radius 1 is 1.16 bits per heavy atom. The molecule has 0 fully saturated rings. The lowest BCUT2D eigenvalue weighted by atomic mass is 10.1. The molecule has 3 rings (SSSR count). The number of fused-ring (bicyclic) bond motifs is 1. The molecule has 0 aliphatic rings. The number of ether oxygens (including phenoxy) is 1. The van der Waals surface area contributed by atoms with Gasteiger partial charge in [-0.2, -0.15) is 0 Å². The summed E-state index contributed by atoms with van der Waals surface area (Å²) in [4.78, 5) is 23.6. The summed E-state index contributed by atoms with van der Waals surface area (Å²) in [6, 6.07) is 12.1. The van der Waals surface area contributed by atoms with Crippen molar-refractivity contribution in [3.05, 3.63) is 74.6 Å². The third kappa shape index (κ3) is 3.74. The smallest absolute Gasteiger partial charge is 0.336 e. The SMILES string of the molecule is CCc1ccc2c(COc3ccc(Cl)cc3C(C)=O)cc(=O)oc2c1. The van der Waals surface area contributed by atoms with Crippen LogP contribution < -0.4 is 10.4 Å². The molecule has 0 atom stereocenters. The molecule has 4 nitrogen and oxygen atoms in total. The van der Waals surface area contributed by atoms with Crippen molar-refractivity contribution in [2.24, 2.45) is 0 Å². The first kappa shape index (κ1) is 17.2. The van der Waals surface area contributed by atoms with Gasteiger partial charge in [0.1, 0.15) is 17.9 Å². The highest BCUT2D eigenvalue weighted by Gasteiger charge is 2.12. The molecule has 0 spiro atoms. The third-order valence-corrected chi connectivity index (χ3v) is 4.24. The van der Waals surface area contributed by atoms with Gasteiger partial charge in [-0.3, -0.25) is 4.79 Å². The Kier molecular flexibility index (Phi) is 4.91. The minimum atomic E-state index is -0.428. The van der Waals surface area contributed by atoms with Gasteiger partial charge in [0.25, 0.3) is 0 Å². The zero-order chi connectivity index (χ0) is 18.0. The van der Waals surface area contributed by atoms with Gasteiger partial charge in [0, 0.05) is 22.0 Å². The van der Waals surface area contributed by atoms with Crippen LogP contribution in [0, 0.1) is 0 Å². The number of Topliss-reactive ketones (excluding diaryl/α,β-unsaturated/α-hetero) is 1. The van der Waals surface area contributed by atoms with Crippen LogP contribution in [0.2, 0.25) is 5.02 Å². The van der Waals surface area contributed by atoms with Crippen molar-refractivity contribution in [3.63, 3.8) is 0 Å². The number of rotatable bonds is 5. The van der Waals surface area contributed by atoms with Crippen molar-refractivity contribution < 1.29 is 13.9 Å². The number of ketones is 1. The Morgan fingerprint density at radius 3 is 2.68 bits per heavy atom. The van der Waals surface area contributed by atoms with E-state index in [1.54, 1.807) is 18.2 Å². The van der Waals surface area contributed by atoms with Crippen molar-refractivity contribution >= 4 is 28.4 Å². The van der Waals surface area contributed by atoms with Crippen LogP contribution in [0.15, 0.2) is 51.7 Å². The standard InChI is InChI=1S/C20H17ClO4/c1-3-13-4-6-16-14(9-20(23)25-19(16)8-13)11-24-18-7-5-15(21)10-17(18)12(2)22/h4-10H,3,11H2,1-2H3. The van der Waals surface area contributed by atoms with E-state index in [0.717, 1.165) is 17.4 Å². The zero-order valence-electron chi connectivity index (χ0n) is 14.0. The van der Waals surface area contributed by atoms with Crippen LogP contribution >= 0.6 is 11.6 Å². The molecule has 0 unspecified atom stereocenters. The first-order valence-corrected chi connectivity index (χ1v) is 8.34. The van der Waals surface area contributed by atoms with Crippen molar-refractivity contribution in [1.29, 1.82) is 0 Å². The molecule has 0 aliphatic carbocycles. The summed E-state index contributed by atoms with van der Waals surface area (Å²) in [5.74, 6) is 0.297. The fraction of sp³-hybridized carbons (Fsp3) is 0.200. The second-order valence-electron chi connectivity index (χ2n) is 5.76. The Morgan fingerprint density at radius 2 is 1.96 bits per heavy atom. The van der Waals surface area contributed by atoms with Crippen molar-refractivity contribution in [3.8, 4) is 5.75 Å². The van der Waals surface area contributed by atoms with Gasteiger partial charge in [-0.05, 0) is 43.2 Å². The largest absolute Gasteiger partial charge is 0.488 e. The predicted octanol–water partition coefficient (Wildman–Crippen LogP) is 4.79. The number of benzene rings is 2. The Bertz CT molecular complexity index is 1000. The van der Waals surface area contributed by atoms with Gasteiger partial charge in [0.15, 0.2) is 5.78 Å². The number of hydrogen-bond donors (Lipinski definition) is 0. The van der Waals surface area contributed by atoms with E-state index in [1.165, 1.54) is 13.0 Å². The summed E-state index contributed by atoms with van der Waals surface area (Å²) in [6.45, 7) is 3.64. The highest BCUT2D eigenvalue weighted by Crippen LogP contribution is 2.26. The van der Waals surface area contributed by atoms with Gasteiger partial charge in [-0.25, -0.2) is 4.79 Å². The molecule has 0 amide bonds. The van der Waals surface area contributed by atoms with Gasteiger partial charge in [0.05, 0.1) is 5.56 Å². The van der Waals surface area contributed by atoms with Crippen LogP contribution in [0.25, 0.3) is 11.0 Å². The highest BCUT2D eigenvalue weighted by atomic mass is 35.5. The lowest BCUT2D eigenvalue weighted by Crippen LogP contribution is -2.06. The minimum Gasteiger partial charge on any atom is -0.488 e. The number of hydrogen-bond acceptors (Lipinski definition) is 4. The van der Waals surface area contributed by atoms with E-state index < -0.39 is 5.63 Å². The van der Waals surface area contributed by atoms with E-state index in [2.05, 4.69) is 0 Å². The molecule has 0 bridgehead atoms. The molecule has 0 saturated carbocycles. The Balaban J connectivity index is 1.97. The molecule has 1 aromatic heterocycles. The van der Waals surface area contributed by atoms with E-state index in [9.17, 15) is 9.59 Å². The number of halogens is 1. The number of aryl methyl sites for hydroxylation is 1. The van der Waals surface area contributed by atoms with Gasteiger partial charge >= 0.3 is 5.63 Å². The second kappa shape index (κ2) is 7.11. The lowest BCUT2D eigenvalue weighted by Gasteiger charge is -2.11. The van der Waals surface area contributed by atoms with E-state index in [1.807, 2.05) is 25.1 Å². The number of carbonyl (C=O) groups is 1. The number of carbonyl (C=O) groups excluding carboxylic acids is 1. The average Bonchev–Trinajstić information content (AvgIpc) is 2.59. The average molecular weight is 357 g/mol. The summed E-state index contributed by atoms with van der Waals surface area (Å²) in [5, 5.41) is 1.28. The molecule has 2 aromatic carbocycles. The zero-order valence-corrected chi connectivity index (χ0v) is 14.7. The van der Waals surface area contributed by atoms with E-state index in [4.69, 9.17) is 20.8 Å². The van der Waals surface area contributed by atoms with Gasteiger partial charge in [0.2, 0.25) is 0 Å². The topological polar surface area (TPSA) is 56.5 Å². The molecule has 0 N–H and O–H groups in total. The Hall–Kier alpha value is -2.59. The maximum atomic E-state index is 11.8.